The lowest BCUT2D eigenvalue weighted by Crippen LogP contribution is -2.41. The van der Waals surface area contributed by atoms with Crippen molar-refractivity contribution < 1.29 is 28.8 Å². The number of carbonyl (C=O) groups is 4. The zero-order chi connectivity index (χ0) is 21.9. The highest BCUT2D eigenvalue weighted by molar-refractivity contribution is 6.20. The van der Waals surface area contributed by atoms with Crippen molar-refractivity contribution in [3.05, 3.63) is 35.4 Å². The number of nitrogens with one attached hydrogen (secondary N) is 1. The minimum Gasteiger partial charge on any atom is -0.444 e. The van der Waals surface area contributed by atoms with Crippen LogP contribution in [0, 0.1) is 11.8 Å². The highest BCUT2D eigenvalue weighted by Crippen LogP contribution is 2.31. The van der Waals surface area contributed by atoms with Crippen molar-refractivity contribution >= 4 is 23.9 Å². The van der Waals surface area contributed by atoms with Gasteiger partial charge < -0.3 is 14.9 Å². The molecule has 1 heterocycles. The van der Waals surface area contributed by atoms with Crippen LogP contribution in [0.3, 0.4) is 0 Å². The number of rotatable bonds is 6. The molecular formula is C22H28N2O6. The fourth-order valence-corrected chi connectivity index (χ4v) is 3.85. The van der Waals surface area contributed by atoms with Crippen LogP contribution in [0.15, 0.2) is 24.3 Å². The zero-order valence-corrected chi connectivity index (χ0v) is 17.6. The van der Waals surface area contributed by atoms with Gasteiger partial charge in [0.05, 0.1) is 17.0 Å². The molecule has 1 aliphatic carbocycles. The fraction of sp³-hybridized carbons (Fsp3) is 0.545. The van der Waals surface area contributed by atoms with E-state index >= 15 is 0 Å². The van der Waals surface area contributed by atoms with E-state index in [4.69, 9.17) is 9.57 Å². The molecule has 0 saturated heterocycles. The summed E-state index contributed by atoms with van der Waals surface area (Å²) in [4.78, 5) is 55.1. The van der Waals surface area contributed by atoms with Crippen molar-refractivity contribution in [1.82, 2.24) is 10.4 Å². The van der Waals surface area contributed by atoms with Crippen molar-refractivity contribution in [2.75, 3.05) is 6.54 Å². The van der Waals surface area contributed by atoms with Gasteiger partial charge in [-0.2, -0.15) is 0 Å². The number of hydrogen-bond acceptors (Lipinski definition) is 6. The predicted octanol–water partition coefficient (Wildman–Crippen LogP) is 3.46. The standard InChI is InChI=1S/C22H28N2O6/c1-22(2,3)29-21(28)23-13-15(12-14-8-4-5-9-14)20(27)30-24-18(25)16-10-6-7-11-17(16)19(24)26/h6-7,10-11,14-15H,4-5,8-9,12-13H2,1-3H3,(H,23,28). The summed E-state index contributed by atoms with van der Waals surface area (Å²) in [7, 11) is 0. The van der Waals surface area contributed by atoms with E-state index in [0.29, 0.717) is 17.4 Å². The molecule has 1 N–H and O–H groups in total. The first-order valence-electron chi connectivity index (χ1n) is 10.3. The largest absolute Gasteiger partial charge is 0.444 e. The molecule has 1 saturated carbocycles. The first-order chi connectivity index (χ1) is 14.2. The Hall–Kier alpha value is -2.90. The van der Waals surface area contributed by atoms with Gasteiger partial charge in [0.15, 0.2) is 0 Å². The van der Waals surface area contributed by atoms with E-state index in [0.717, 1.165) is 25.7 Å². The van der Waals surface area contributed by atoms with E-state index in [-0.39, 0.29) is 17.7 Å². The van der Waals surface area contributed by atoms with Crippen molar-refractivity contribution in [3.8, 4) is 0 Å². The Morgan fingerprint density at radius 1 is 1.10 bits per heavy atom. The highest BCUT2D eigenvalue weighted by atomic mass is 16.7. The molecule has 1 aromatic rings. The van der Waals surface area contributed by atoms with Gasteiger partial charge in [0, 0.05) is 6.54 Å². The molecule has 0 bridgehead atoms. The number of amides is 3. The Balaban J connectivity index is 1.66. The molecule has 1 atom stereocenters. The Bertz CT molecular complexity index is 803. The highest BCUT2D eigenvalue weighted by Gasteiger charge is 2.40. The summed E-state index contributed by atoms with van der Waals surface area (Å²) in [5, 5.41) is 3.12. The molecule has 0 spiro atoms. The van der Waals surface area contributed by atoms with Gasteiger partial charge in [-0.15, -0.1) is 0 Å². The second kappa shape index (κ2) is 8.85. The monoisotopic (exact) mass is 416 g/mol. The van der Waals surface area contributed by atoms with Gasteiger partial charge >= 0.3 is 12.1 Å². The molecule has 3 rings (SSSR count). The average Bonchev–Trinajstić information content (AvgIpc) is 3.27. The van der Waals surface area contributed by atoms with Crippen molar-refractivity contribution in [2.45, 2.75) is 58.5 Å². The molecule has 30 heavy (non-hydrogen) atoms. The topological polar surface area (TPSA) is 102 Å². The van der Waals surface area contributed by atoms with Crippen LogP contribution >= 0.6 is 0 Å². The van der Waals surface area contributed by atoms with E-state index in [9.17, 15) is 19.2 Å². The average molecular weight is 416 g/mol. The number of nitrogens with zero attached hydrogens (tertiary/aromatic N) is 1. The summed E-state index contributed by atoms with van der Waals surface area (Å²) in [5.74, 6) is -2.39. The van der Waals surface area contributed by atoms with Gasteiger partial charge in [-0.3, -0.25) is 9.59 Å². The minimum atomic E-state index is -0.715. The molecule has 1 unspecified atom stereocenters. The number of benzene rings is 1. The molecule has 0 radical (unpaired) electrons. The number of carbonyl (C=O) groups excluding carboxylic acids is 4. The van der Waals surface area contributed by atoms with Crippen LogP contribution < -0.4 is 5.32 Å². The number of fused-ring (bicyclic) bond motifs is 1. The number of hydrogen-bond donors (Lipinski definition) is 1. The Labute approximate surface area is 175 Å². The maximum Gasteiger partial charge on any atom is 0.407 e. The second-order valence-corrected chi connectivity index (χ2v) is 8.83. The molecule has 8 nitrogen and oxygen atoms in total. The maximum atomic E-state index is 12.9. The van der Waals surface area contributed by atoms with E-state index in [1.165, 1.54) is 12.1 Å². The van der Waals surface area contributed by atoms with Crippen molar-refractivity contribution in [3.63, 3.8) is 0 Å². The van der Waals surface area contributed by atoms with Crippen LogP contribution in [0.5, 0.6) is 0 Å². The van der Waals surface area contributed by atoms with Gasteiger partial charge in [-0.25, -0.2) is 9.59 Å². The Morgan fingerprint density at radius 2 is 1.67 bits per heavy atom. The van der Waals surface area contributed by atoms with E-state index in [1.807, 2.05) is 0 Å². The molecule has 2 aliphatic rings. The third-order valence-electron chi connectivity index (χ3n) is 5.26. The van der Waals surface area contributed by atoms with Crippen LogP contribution in [0.4, 0.5) is 4.79 Å². The molecule has 3 amide bonds. The lowest BCUT2D eigenvalue weighted by Gasteiger charge is -2.23. The summed E-state index contributed by atoms with van der Waals surface area (Å²) in [6, 6.07) is 6.32. The lowest BCUT2D eigenvalue weighted by molar-refractivity contribution is -0.174. The molecule has 1 fully saturated rings. The van der Waals surface area contributed by atoms with Gasteiger partial charge in [0.1, 0.15) is 5.60 Å². The number of hydroxylamine groups is 2. The Morgan fingerprint density at radius 3 is 2.20 bits per heavy atom. The summed E-state index contributed by atoms with van der Waals surface area (Å²) in [5.41, 5.74) is -0.254. The minimum absolute atomic E-state index is 0.00736. The molecule has 0 aromatic heterocycles. The summed E-state index contributed by atoms with van der Waals surface area (Å²) in [6.07, 6.45) is 4.09. The third kappa shape index (κ3) is 5.17. The summed E-state index contributed by atoms with van der Waals surface area (Å²) in [6.45, 7) is 5.25. The van der Waals surface area contributed by atoms with Gasteiger partial charge in [0.25, 0.3) is 11.8 Å². The van der Waals surface area contributed by atoms with E-state index in [2.05, 4.69) is 5.32 Å². The molecule has 8 heteroatoms. The molecule has 162 valence electrons. The fourth-order valence-electron chi connectivity index (χ4n) is 3.85. The van der Waals surface area contributed by atoms with Crippen molar-refractivity contribution in [1.29, 1.82) is 0 Å². The molecule has 1 aromatic carbocycles. The van der Waals surface area contributed by atoms with Crippen LogP contribution in [0.25, 0.3) is 0 Å². The first kappa shape index (κ1) is 21.8. The van der Waals surface area contributed by atoms with Crippen LogP contribution in [0.1, 0.15) is 73.6 Å². The lowest BCUT2D eigenvalue weighted by atomic mass is 9.93. The normalized spacial score (nSPS) is 17.6. The summed E-state index contributed by atoms with van der Waals surface area (Å²) < 4.78 is 5.23. The van der Waals surface area contributed by atoms with Gasteiger partial charge in [0.2, 0.25) is 0 Å². The van der Waals surface area contributed by atoms with E-state index < -0.39 is 35.4 Å². The Kier molecular flexibility index (Phi) is 6.43. The zero-order valence-electron chi connectivity index (χ0n) is 17.6. The molecule has 1 aliphatic heterocycles. The van der Waals surface area contributed by atoms with Crippen LogP contribution in [0.2, 0.25) is 0 Å². The van der Waals surface area contributed by atoms with Crippen LogP contribution in [-0.2, 0) is 14.4 Å². The predicted molar refractivity (Wildman–Crippen MR) is 107 cm³/mol. The molecular weight excluding hydrogens is 388 g/mol. The van der Waals surface area contributed by atoms with Crippen LogP contribution in [-0.4, -0.2) is 41.1 Å². The van der Waals surface area contributed by atoms with Crippen molar-refractivity contribution in [2.24, 2.45) is 11.8 Å². The van der Waals surface area contributed by atoms with Gasteiger partial charge in [-0.05, 0) is 45.2 Å². The summed E-state index contributed by atoms with van der Waals surface area (Å²) >= 11 is 0. The number of imide groups is 1. The van der Waals surface area contributed by atoms with Gasteiger partial charge in [-0.1, -0.05) is 42.9 Å². The maximum absolute atomic E-state index is 12.9. The first-order valence-corrected chi connectivity index (χ1v) is 10.3. The quantitative estimate of drug-likeness (QED) is 0.713. The number of alkyl carbamates (subject to hydrolysis) is 1. The number of ether oxygens (including phenoxy) is 1. The smallest absolute Gasteiger partial charge is 0.407 e. The second-order valence-electron chi connectivity index (χ2n) is 8.83. The third-order valence-corrected chi connectivity index (χ3v) is 5.26. The SMILES string of the molecule is CC(C)(C)OC(=O)NCC(CC1CCCC1)C(=O)ON1C(=O)c2ccccc2C1=O. The van der Waals surface area contributed by atoms with E-state index in [1.54, 1.807) is 32.9 Å².